The van der Waals surface area contributed by atoms with Crippen molar-refractivity contribution in [3.8, 4) is 5.82 Å². The zero-order chi connectivity index (χ0) is 11.5. The predicted octanol–water partition coefficient (Wildman–Crippen LogP) is 2.20. The average molecular weight is 237 g/mol. The summed E-state index contributed by atoms with van der Waals surface area (Å²) in [4.78, 5) is 4.33. The smallest absolute Gasteiger partial charge is 0.153 e. The summed E-state index contributed by atoms with van der Waals surface area (Å²) in [6.45, 7) is 2.08. The SMILES string of the molecule is CNC(C)c1ccc(-n2cc(Cl)cn2)nc1. The molecule has 2 heterocycles. The van der Waals surface area contributed by atoms with Crippen molar-refractivity contribution in [3.05, 3.63) is 41.3 Å². The molecule has 0 spiro atoms. The molecule has 4 nitrogen and oxygen atoms in total. The molecule has 0 saturated carbocycles. The zero-order valence-corrected chi connectivity index (χ0v) is 9.94. The van der Waals surface area contributed by atoms with Crippen molar-refractivity contribution < 1.29 is 0 Å². The number of pyridine rings is 1. The molecule has 0 aliphatic heterocycles. The Kier molecular flexibility index (Phi) is 3.22. The van der Waals surface area contributed by atoms with Crippen molar-refractivity contribution >= 4 is 11.6 Å². The number of aromatic nitrogens is 3. The molecule has 84 valence electrons. The van der Waals surface area contributed by atoms with Gasteiger partial charge in [0.25, 0.3) is 0 Å². The van der Waals surface area contributed by atoms with Crippen LogP contribution in [-0.2, 0) is 0 Å². The maximum absolute atomic E-state index is 5.79. The van der Waals surface area contributed by atoms with Crippen LogP contribution in [0, 0.1) is 0 Å². The van der Waals surface area contributed by atoms with E-state index < -0.39 is 0 Å². The Bertz CT molecular complexity index is 463. The normalized spacial score (nSPS) is 12.7. The van der Waals surface area contributed by atoms with E-state index in [1.807, 2.05) is 25.4 Å². The van der Waals surface area contributed by atoms with E-state index in [1.165, 1.54) is 0 Å². The lowest BCUT2D eigenvalue weighted by molar-refractivity contribution is 0.648. The first-order valence-electron chi connectivity index (χ1n) is 5.04. The molecule has 0 radical (unpaired) electrons. The Morgan fingerprint density at radius 2 is 2.19 bits per heavy atom. The van der Waals surface area contributed by atoms with Crippen LogP contribution in [-0.4, -0.2) is 21.8 Å². The number of hydrogen-bond acceptors (Lipinski definition) is 3. The molecular weight excluding hydrogens is 224 g/mol. The molecule has 16 heavy (non-hydrogen) atoms. The highest BCUT2D eigenvalue weighted by Crippen LogP contribution is 2.13. The van der Waals surface area contributed by atoms with Gasteiger partial charge in [-0.05, 0) is 25.6 Å². The third-order valence-corrected chi connectivity index (χ3v) is 2.68. The molecular formula is C11H13ClN4. The topological polar surface area (TPSA) is 42.7 Å². The van der Waals surface area contributed by atoms with Crippen LogP contribution in [0.25, 0.3) is 5.82 Å². The van der Waals surface area contributed by atoms with Crippen molar-refractivity contribution in [3.63, 3.8) is 0 Å². The molecule has 0 fully saturated rings. The van der Waals surface area contributed by atoms with Gasteiger partial charge < -0.3 is 5.32 Å². The van der Waals surface area contributed by atoms with E-state index in [0.717, 1.165) is 11.4 Å². The summed E-state index contributed by atoms with van der Waals surface area (Å²) in [7, 11) is 1.92. The average Bonchev–Trinajstić information content (AvgIpc) is 2.75. The fourth-order valence-corrected chi connectivity index (χ4v) is 1.52. The van der Waals surface area contributed by atoms with Gasteiger partial charge in [0, 0.05) is 12.2 Å². The van der Waals surface area contributed by atoms with E-state index in [0.29, 0.717) is 11.1 Å². The summed E-state index contributed by atoms with van der Waals surface area (Å²) in [5.74, 6) is 0.763. The highest BCUT2D eigenvalue weighted by Gasteiger charge is 2.04. The first-order chi connectivity index (χ1) is 7.70. The standard InChI is InChI=1S/C11H13ClN4/c1-8(13-2)9-3-4-11(14-5-9)16-7-10(12)6-15-16/h3-8,13H,1-2H3. The Balaban J connectivity index is 2.25. The van der Waals surface area contributed by atoms with Gasteiger partial charge in [0.1, 0.15) is 0 Å². The van der Waals surface area contributed by atoms with Crippen molar-refractivity contribution in [2.24, 2.45) is 0 Å². The van der Waals surface area contributed by atoms with E-state index in [-0.39, 0.29) is 0 Å². The van der Waals surface area contributed by atoms with Gasteiger partial charge in [0.2, 0.25) is 0 Å². The van der Waals surface area contributed by atoms with Gasteiger partial charge in [-0.1, -0.05) is 17.7 Å². The third kappa shape index (κ3) is 2.23. The van der Waals surface area contributed by atoms with Gasteiger partial charge in [-0.25, -0.2) is 9.67 Å². The Labute approximate surface area is 99.3 Å². The molecule has 0 bridgehead atoms. The summed E-state index contributed by atoms with van der Waals surface area (Å²) in [5, 5.41) is 7.85. The molecule has 0 saturated heterocycles. The van der Waals surface area contributed by atoms with Crippen molar-refractivity contribution in [1.82, 2.24) is 20.1 Å². The largest absolute Gasteiger partial charge is 0.313 e. The van der Waals surface area contributed by atoms with E-state index in [2.05, 4.69) is 22.3 Å². The minimum Gasteiger partial charge on any atom is -0.313 e. The Morgan fingerprint density at radius 1 is 1.38 bits per heavy atom. The van der Waals surface area contributed by atoms with Crippen LogP contribution in [0.2, 0.25) is 5.02 Å². The fourth-order valence-electron chi connectivity index (χ4n) is 1.38. The Hall–Kier alpha value is -1.39. The van der Waals surface area contributed by atoms with Crippen LogP contribution in [0.1, 0.15) is 18.5 Å². The first kappa shape index (κ1) is 11.1. The lowest BCUT2D eigenvalue weighted by Crippen LogP contribution is -2.12. The lowest BCUT2D eigenvalue weighted by Gasteiger charge is -2.10. The van der Waals surface area contributed by atoms with Crippen LogP contribution in [0.15, 0.2) is 30.7 Å². The molecule has 0 aliphatic carbocycles. The quantitative estimate of drug-likeness (QED) is 0.889. The Morgan fingerprint density at radius 3 is 2.69 bits per heavy atom. The molecule has 0 aromatic carbocycles. The molecule has 1 atom stereocenters. The maximum atomic E-state index is 5.79. The molecule has 0 aliphatic rings. The molecule has 2 rings (SSSR count). The van der Waals surface area contributed by atoms with Crippen LogP contribution < -0.4 is 5.32 Å². The lowest BCUT2D eigenvalue weighted by atomic mass is 10.1. The molecule has 2 aromatic heterocycles. The summed E-state index contributed by atoms with van der Waals surface area (Å²) < 4.78 is 1.65. The summed E-state index contributed by atoms with van der Waals surface area (Å²) >= 11 is 5.79. The molecule has 2 aromatic rings. The van der Waals surface area contributed by atoms with Gasteiger partial charge in [0.05, 0.1) is 17.4 Å². The molecule has 0 amide bonds. The highest BCUT2D eigenvalue weighted by molar-refractivity contribution is 6.30. The van der Waals surface area contributed by atoms with Crippen LogP contribution in [0.5, 0.6) is 0 Å². The second-order valence-electron chi connectivity index (χ2n) is 3.56. The van der Waals surface area contributed by atoms with Gasteiger partial charge >= 0.3 is 0 Å². The van der Waals surface area contributed by atoms with E-state index >= 15 is 0 Å². The molecule has 5 heteroatoms. The zero-order valence-electron chi connectivity index (χ0n) is 9.18. The summed E-state index contributed by atoms with van der Waals surface area (Å²) in [6.07, 6.45) is 5.16. The summed E-state index contributed by atoms with van der Waals surface area (Å²) in [5.41, 5.74) is 1.14. The number of nitrogens with zero attached hydrogens (tertiary/aromatic N) is 3. The number of hydrogen-bond donors (Lipinski definition) is 1. The van der Waals surface area contributed by atoms with E-state index in [9.17, 15) is 0 Å². The van der Waals surface area contributed by atoms with E-state index in [4.69, 9.17) is 11.6 Å². The van der Waals surface area contributed by atoms with Crippen molar-refractivity contribution in [2.75, 3.05) is 7.05 Å². The van der Waals surface area contributed by atoms with Crippen LogP contribution in [0.3, 0.4) is 0 Å². The van der Waals surface area contributed by atoms with Crippen LogP contribution >= 0.6 is 11.6 Å². The fraction of sp³-hybridized carbons (Fsp3) is 0.273. The van der Waals surface area contributed by atoms with Gasteiger partial charge in [0.15, 0.2) is 5.82 Å². The highest BCUT2D eigenvalue weighted by atomic mass is 35.5. The summed E-state index contributed by atoms with van der Waals surface area (Å²) in [6, 6.07) is 4.24. The molecule has 1 unspecified atom stereocenters. The second-order valence-corrected chi connectivity index (χ2v) is 4.00. The maximum Gasteiger partial charge on any atom is 0.153 e. The minimum atomic E-state index is 0.294. The van der Waals surface area contributed by atoms with E-state index in [1.54, 1.807) is 17.1 Å². The first-order valence-corrected chi connectivity index (χ1v) is 5.42. The van der Waals surface area contributed by atoms with Gasteiger partial charge in [-0.2, -0.15) is 5.10 Å². The number of halogens is 1. The second kappa shape index (κ2) is 4.63. The van der Waals surface area contributed by atoms with Crippen molar-refractivity contribution in [2.45, 2.75) is 13.0 Å². The van der Waals surface area contributed by atoms with Gasteiger partial charge in [-0.3, -0.25) is 0 Å². The number of rotatable bonds is 3. The third-order valence-electron chi connectivity index (χ3n) is 2.49. The van der Waals surface area contributed by atoms with Crippen molar-refractivity contribution in [1.29, 1.82) is 0 Å². The van der Waals surface area contributed by atoms with Gasteiger partial charge in [-0.15, -0.1) is 0 Å². The number of nitrogens with one attached hydrogen (secondary N) is 1. The monoisotopic (exact) mass is 236 g/mol. The minimum absolute atomic E-state index is 0.294. The predicted molar refractivity (Wildman–Crippen MR) is 63.8 cm³/mol. The molecule has 1 N–H and O–H groups in total. The van der Waals surface area contributed by atoms with Crippen LogP contribution in [0.4, 0.5) is 0 Å².